The van der Waals surface area contributed by atoms with Crippen molar-refractivity contribution in [1.29, 1.82) is 0 Å². The molecule has 2 aromatic rings. The highest BCUT2D eigenvalue weighted by Gasteiger charge is 2.16. The molecule has 0 amide bonds. The van der Waals surface area contributed by atoms with Crippen LogP contribution in [0.25, 0.3) is 0 Å². The van der Waals surface area contributed by atoms with Crippen molar-refractivity contribution in [3.8, 4) is 0 Å². The topological polar surface area (TPSA) is 0 Å². The maximum atomic E-state index is 2.35. The number of hydrogen-bond donors (Lipinski definition) is 0. The maximum absolute atomic E-state index is 2.35. The Balaban J connectivity index is 2.46. The van der Waals surface area contributed by atoms with Crippen molar-refractivity contribution >= 4 is 21.6 Å². The van der Waals surface area contributed by atoms with Crippen LogP contribution in [-0.2, 0) is 38.5 Å². The zero-order valence-corrected chi connectivity index (χ0v) is 19.0. The summed E-state index contributed by atoms with van der Waals surface area (Å²) in [7, 11) is 4.00. The summed E-state index contributed by atoms with van der Waals surface area (Å²) in [6, 6.07) is 9.40. The Kier molecular flexibility index (Phi) is 8.63. The van der Waals surface area contributed by atoms with E-state index in [0.717, 1.165) is 38.5 Å². The van der Waals surface area contributed by atoms with Gasteiger partial charge in [-0.2, -0.15) is 0 Å². The lowest BCUT2D eigenvalue weighted by Gasteiger charge is -2.19. The van der Waals surface area contributed by atoms with E-state index in [2.05, 4.69) is 65.8 Å². The first-order chi connectivity index (χ1) is 12.6. The minimum atomic E-state index is 1.11. The van der Waals surface area contributed by atoms with Crippen molar-refractivity contribution in [3.05, 3.63) is 57.6 Å². The van der Waals surface area contributed by atoms with Crippen molar-refractivity contribution in [3.63, 3.8) is 0 Å². The molecule has 2 aromatic carbocycles. The Morgan fingerprint density at radius 1 is 0.462 bits per heavy atom. The molecule has 0 heterocycles. The van der Waals surface area contributed by atoms with Gasteiger partial charge in [0.2, 0.25) is 0 Å². The van der Waals surface area contributed by atoms with Gasteiger partial charge in [0.05, 0.1) is 0 Å². The first kappa shape index (κ1) is 21.4. The molecule has 0 N–H and O–H groups in total. The largest absolute Gasteiger partial charge is 0.0613 e. The fourth-order valence-corrected chi connectivity index (χ4v) is 7.02. The molecule has 0 aliphatic carbocycles. The molecular formula is C24H34S2. The van der Waals surface area contributed by atoms with Crippen LogP contribution in [-0.4, -0.2) is 0 Å². The van der Waals surface area contributed by atoms with Gasteiger partial charge in [-0.05, 0) is 71.9 Å². The van der Waals surface area contributed by atoms with Gasteiger partial charge < -0.3 is 0 Å². The van der Waals surface area contributed by atoms with Gasteiger partial charge in [-0.3, -0.25) is 0 Å². The highest BCUT2D eigenvalue weighted by molar-refractivity contribution is 8.76. The lowest BCUT2D eigenvalue weighted by molar-refractivity contribution is 0.956. The van der Waals surface area contributed by atoms with Gasteiger partial charge in [0.15, 0.2) is 0 Å². The lowest BCUT2D eigenvalue weighted by Crippen LogP contribution is -1.99. The number of rotatable bonds is 9. The molecule has 0 unspecified atom stereocenters. The van der Waals surface area contributed by atoms with E-state index in [9.17, 15) is 0 Å². The predicted molar refractivity (Wildman–Crippen MR) is 121 cm³/mol. The third-order valence-corrected chi connectivity index (χ3v) is 8.00. The van der Waals surface area contributed by atoms with Crippen molar-refractivity contribution in [2.45, 2.75) is 89.9 Å². The second-order valence-corrected chi connectivity index (χ2v) is 8.82. The zero-order chi connectivity index (χ0) is 19.1. The Hall–Kier alpha value is -0.860. The zero-order valence-electron chi connectivity index (χ0n) is 17.4. The first-order valence-corrected chi connectivity index (χ1v) is 12.4. The van der Waals surface area contributed by atoms with Crippen LogP contribution in [0.3, 0.4) is 0 Å². The van der Waals surface area contributed by atoms with Gasteiger partial charge in [0.25, 0.3) is 0 Å². The van der Waals surface area contributed by atoms with Crippen molar-refractivity contribution in [2.75, 3.05) is 0 Å². The molecule has 0 bridgehead atoms. The van der Waals surface area contributed by atoms with Crippen LogP contribution in [0.5, 0.6) is 0 Å². The molecule has 0 saturated carbocycles. The van der Waals surface area contributed by atoms with Crippen molar-refractivity contribution < 1.29 is 0 Å². The fraction of sp³-hybridized carbons (Fsp3) is 0.500. The van der Waals surface area contributed by atoms with E-state index in [0.29, 0.717) is 0 Å². The smallest absolute Gasteiger partial charge is 0.0252 e. The molecule has 0 atom stereocenters. The summed E-state index contributed by atoms with van der Waals surface area (Å²) < 4.78 is 0. The molecule has 0 aliphatic heterocycles. The summed E-state index contributed by atoms with van der Waals surface area (Å²) in [4.78, 5) is 3.04. The van der Waals surface area contributed by atoms with Gasteiger partial charge in [-0.25, -0.2) is 0 Å². The molecule has 0 radical (unpaired) electrons. The van der Waals surface area contributed by atoms with E-state index in [1.165, 1.54) is 32.0 Å². The van der Waals surface area contributed by atoms with Crippen LogP contribution in [0.4, 0.5) is 0 Å². The maximum Gasteiger partial charge on any atom is 0.0252 e. The summed E-state index contributed by atoms with van der Waals surface area (Å²) in [5.74, 6) is 0. The van der Waals surface area contributed by atoms with Crippen LogP contribution in [0.2, 0.25) is 0 Å². The van der Waals surface area contributed by atoms with Crippen LogP contribution in [0.1, 0.15) is 74.9 Å². The molecule has 0 nitrogen and oxygen atoms in total. The average Bonchev–Trinajstić information content (AvgIpc) is 2.70. The molecular weight excluding hydrogens is 352 g/mol. The Morgan fingerprint density at radius 2 is 0.769 bits per heavy atom. The molecule has 0 spiro atoms. The Bertz CT molecular complexity index is 668. The highest BCUT2D eigenvalue weighted by Crippen LogP contribution is 2.45. The van der Waals surface area contributed by atoms with E-state index in [-0.39, 0.29) is 0 Å². The second-order valence-electron chi connectivity index (χ2n) is 6.67. The van der Waals surface area contributed by atoms with Crippen LogP contribution < -0.4 is 0 Å². The number of hydrogen-bond acceptors (Lipinski definition) is 2. The van der Waals surface area contributed by atoms with Crippen molar-refractivity contribution in [2.24, 2.45) is 0 Å². The Morgan fingerprint density at radius 3 is 1.04 bits per heavy atom. The molecule has 26 heavy (non-hydrogen) atoms. The fourth-order valence-electron chi connectivity index (χ4n) is 3.72. The molecule has 0 saturated heterocycles. The molecule has 0 aliphatic rings. The molecule has 0 fully saturated rings. The molecule has 142 valence electrons. The number of aryl methyl sites for hydroxylation is 4. The van der Waals surface area contributed by atoms with E-state index >= 15 is 0 Å². The van der Waals surface area contributed by atoms with Gasteiger partial charge in [0.1, 0.15) is 0 Å². The standard InChI is InChI=1S/C24H34S2/c1-7-17-13-15-19(9-3)23(21(17)11-5)25-26-24-20(10-4)16-14-18(8-2)22(24)12-6/h13-16H,7-12H2,1-6H3. The summed E-state index contributed by atoms with van der Waals surface area (Å²) in [5, 5.41) is 0. The average molecular weight is 387 g/mol. The van der Waals surface area contributed by atoms with E-state index in [1.807, 2.05) is 21.6 Å². The number of benzene rings is 2. The van der Waals surface area contributed by atoms with Gasteiger partial charge >= 0.3 is 0 Å². The van der Waals surface area contributed by atoms with Crippen LogP contribution >= 0.6 is 21.6 Å². The van der Waals surface area contributed by atoms with Gasteiger partial charge in [-0.1, -0.05) is 87.4 Å². The SMILES string of the molecule is CCc1ccc(CC)c(SSc2c(CC)ccc(CC)c2CC)c1CC. The monoisotopic (exact) mass is 386 g/mol. The molecule has 2 heteroatoms. The minimum Gasteiger partial charge on any atom is -0.0613 e. The third kappa shape index (κ3) is 4.51. The summed E-state index contributed by atoms with van der Waals surface area (Å²) in [5.41, 5.74) is 9.15. The molecule has 2 rings (SSSR count). The summed E-state index contributed by atoms with van der Waals surface area (Å²) >= 11 is 0. The van der Waals surface area contributed by atoms with Gasteiger partial charge in [0, 0.05) is 9.79 Å². The third-order valence-electron chi connectivity index (χ3n) is 5.32. The molecule has 0 aromatic heterocycles. The van der Waals surface area contributed by atoms with E-state index in [4.69, 9.17) is 0 Å². The van der Waals surface area contributed by atoms with E-state index in [1.54, 1.807) is 11.1 Å². The quantitative estimate of drug-likeness (QED) is 0.402. The van der Waals surface area contributed by atoms with Crippen LogP contribution in [0, 0.1) is 0 Å². The highest BCUT2D eigenvalue weighted by atomic mass is 33.1. The van der Waals surface area contributed by atoms with Gasteiger partial charge in [-0.15, -0.1) is 0 Å². The predicted octanol–water partition coefficient (Wildman–Crippen LogP) is 7.86. The normalized spacial score (nSPS) is 11.2. The summed E-state index contributed by atoms with van der Waals surface area (Å²) in [6.07, 6.45) is 6.70. The summed E-state index contributed by atoms with van der Waals surface area (Å²) in [6.45, 7) is 13.7. The minimum absolute atomic E-state index is 1.11. The first-order valence-electron chi connectivity index (χ1n) is 10.3. The lowest BCUT2D eigenvalue weighted by atomic mass is 9.99. The van der Waals surface area contributed by atoms with Crippen LogP contribution in [0.15, 0.2) is 34.1 Å². The Labute approximate surface area is 169 Å². The van der Waals surface area contributed by atoms with Crippen molar-refractivity contribution in [1.82, 2.24) is 0 Å². The second kappa shape index (κ2) is 10.5. The van der Waals surface area contributed by atoms with E-state index < -0.39 is 0 Å².